The van der Waals surface area contributed by atoms with E-state index in [4.69, 9.17) is 21.4 Å². The van der Waals surface area contributed by atoms with Crippen LogP contribution in [0, 0.1) is 13.8 Å². The van der Waals surface area contributed by atoms with Crippen molar-refractivity contribution in [2.75, 3.05) is 13.2 Å². The first-order valence-corrected chi connectivity index (χ1v) is 12.0. The van der Waals surface area contributed by atoms with Gasteiger partial charge in [0.15, 0.2) is 0 Å². The fourth-order valence-corrected chi connectivity index (χ4v) is 3.82. The van der Waals surface area contributed by atoms with Crippen molar-refractivity contribution < 1.29 is 14.6 Å². The number of carbonyl (C=O) groups is 1. The second-order valence-electron chi connectivity index (χ2n) is 8.44. The zero-order valence-corrected chi connectivity index (χ0v) is 20.6. The third-order valence-corrected chi connectivity index (χ3v) is 5.93. The number of aryl methyl sites for hydroxylation is 2. The molecule has 0 saturated heterocycles. The van der Waals surface area contributed by atoms with E-state index in [1.54, 1.807) is 0 Å². The fraction of sp³-hybridized carbons (Fsp3) is 0.276. The minimum atomic E-state index is -0.793. The van der Waals surface area contributed by atoms with E-state index in [1.165, 1.54) is 22.3 Å². The summed E-state index contributed by atoms with van der Waals surface area (Å²) in [6.07, 6.45) is 4.11. The van der Waals surface area contributed by atoms with Crippen molar-refractivity contribution in [1.29, 1.82) is 0 Å². The van der Waals surface area contributed by atoms with Crippen LogP contribution in [0.2, 0.25) is 5.02 Å². The molecule has 34 heavy (non-hydrogen) atoms. The van der Waals surface area contributed by atoms with Gasteiger partial charge in [-0.15, -0.1) is 0 Å². The molecule has 0 atom stereocenters. The summed E-state index contributed by atoms with van der Waals surface area (Å²) in [5.41, 5.74) is 7.21. The molecule has 0 saturated carbocycles. The molecule has 0 amide bonds. The lowest BCUT2D eigenvalue weighted by molar-refractivity contribution is -0.136. The van der Waals surface area contributed by atoms with E-state index in [1.807, 2.05) is 42.5 Å². The molecular formula is C29H32ClNO3. The van der Waals surface area contributed by atoms with Crippen molar-refractivity contribution in [2.24, 2.45) is 0 Å². The molecule has 0 spiro atoms. The van der Waals surface area contributed by atoms with Gasteiger partial charge in [0.2, 0.25) is 0 Å². The van der Waals surface area contributed by atoms with Crippen LogP contribution in [0.15, 0.2) is 66.7 Å². The summed E-state index contributed by atoms with van der Waals surface area (Å²) in [4.78, 5) is 10.6. The zero-order valence-electron chi connectivity index (χ0n) is 19.8. The number of carboxylic acids is 1. The summed E-state index contributed by atoms with van der Waals surface area (Å²) < 4.78 is 5.96. The van der Waals surface area contributed by atoms with Crippen LogP contribution in [-0.2, 0) is 11.3 Å². The number of rotatable bonds is 12. The molecule has 5 heteroatoms. The van der Waals surface area contributed by atoms with Crippen LogP contribution < -0.4 is 10.1 Å². The quantitative estimate of drug-likeness (QED) is 0.219. The average molecular weight is 478 g/mol. The van der Waals surface area contributed by atoms with Crippen molar-refractivity contribution in [3.63, 3.8) is 0 Å². The van der Waals surface area contributed by atoms with E-state index in [9.17, 15) is 4.79 Å². The molecule has 3 aromatic rings. The number of benzene rings is 3. The maximum atomic E-state index is 10.6. The van der Waals surface area contributed by atoms with Crippen LogP contribution in [0.4, 0.5) is 0 Å². The first-order chi connectivity index (χ1) is 16.4. The highest BCUT2D eigenvalue weighted by Crippen LogP contribution is 2.26. The van der Waals surface area contributed by atoms with Gasteiger partial charge in [0.05, 0.1) is 13.0 Å². The Balaban J connectivity index is 1.56. The summed E-state index contributed by atoms with van der Waals surface area (Å²) in [5, 5.41) is 12.5. The third kappa shape index (κ3) is 8.36. The third-order valence-electron chi connectivity index (χ3n) is 5.69. The molecule has 4 nitrogen and oxygen atoms in total. The normalized spacial score (nSPS) is 11.4. The highest BCUT2D eigenvalue weighted by Gasteiger charge is 2.05. The number of nitrogens with one attached hydrogen (secondary N) is 1. The van der Waals surface area contributed by atoms with Crippen LogP contribution >= 0.6 is 11.6 Å². The van der Waals surface area contributed by atoms with Crippen molar-refractivity contribution in [1.82, 2.24) is 5.32 Å². The van der Waals surface area contributed by atoms with E-state index in [0.717, 1.165) is 34.7 Å². The van der Waals surface area contributed by atoms with Crippen molar-refractivity contribution in [3.8, 4) is 5.75 Å². The molecule has 0 aromatic heterocycles. The van der Waals surface area contributed by atoms with Gasteiger partial charge < -0.3 is 15.2 Å². The van der Waals surface area contributed by atoms with Gasteiger partial charge in [0, 0.05) is 18.1 Å². The summed E-state index contributed by atoms with van der Waals surface area (Å²) in [7, 11) is 0. The predicted octanol–water partition coefficient (Wildman–Crippen LogP) is 6.92. The molecule has 3 rings (SSSR count). The van der Waals surface area contributed by atoms with Gasteiger partial charge in [-0.1, -0.05) is 60.1 Å². The zero-order chi connectivity index (χ0) is 24.3. The molecule has 0 fully saturated rings. The SMILES string of the molecule is Cc1ccc(/C=C(/CCCOc2ccc(CNCCC(=O)O)cc2)c2cccc(Cl)c2)cc1C. The van der Waals surface area contributed by atoms with Gasteiger partial charge in [0.1, 0.15) is 5.75 Å². The van der Waals surface area contributed by atoms with E-state index in [2.05, 4.69) is 49.5 Å². The Labute approximate surface area is 207 Å². The molecular weight excluding hydrogens is 446 g/mol. The standard InChI is InChI=1S/C29H32ClNO3/c1-21-8-9-24(17-22(21)2)18-25(26-5-3-7-27(30)19-26)6-4-16-34-28-12-10-23(11-13-28)20-31-15-14-29(32)33/h3,5,7-13,17-19,31H,4,6,14-16,20H2,1-2H3,(H,32,33)/b25-18-. The van der Waals surface area contributed by atoms with Crippen molar-refractivity contribution >= 4 is 29.2 Å². The lowest BCUT2D eigenvalue weighted by Crippen LogP contribution is -2.17. The van der Waals surface area contributed by atoms with E-state index in [0.29, 0.717) is 19.7 Å². The Kier molecular flexibility index (Phi) is 9.75. The van der Waals surface area contributed by atoms with Crippen LogP contribution in [0.1, 0.15) is 47.1 Å². The number of ether oxygens (including phenoxy) is 1. The molecule has 0 aliphatic heterocycles. The van der Waals surface area contributed by atoms with Gasteiger partial charge in [-0.25, -0.2) is 0 Å². The lowest BCUT2D eigenvalue weighted by Gasteiger charge is -2.11. The summed E-state index contributed by atoms with van der Waals surface area (Å²) in [6, 6.07) is 22.4. The van der Waals surface area contributed by atoms with E-state index < -0.39 is 5.97 Å². The Morgan fingerprint density at radius 2 is 1.79 bits per heavy atom. The number of hydrogen-bond acceptors (Lipinski definition) is 3. The Bertz CT molecular complexity index is 1120. The van der Waals surface area contributed by atoms with E-state index in [-0.39, 0.29) is 6.42 Å². The van der Waals surface area contributed by atoms with Crippen LogP contribution in [0.5, 0.6) is 5.75 Å². The lowest BCUT2D eigenvalue weighted by atomic mass is 9.97. The largest absolute Gasteiger partial charge is 0.494 e. The molecule has 2 N–H and O–H groups in total. The van der Waals surface area contributed by atoms with Crippen LogP contribution in [0.3, 0.4) is 0 Å². The maximum Gasteiger partial charge on any atom is 0.304 e. The van der Waals surface area contributed by atoms with Crippen molar-refractivity contribution in [3.05, 3.63) is 99.6 Å². The van der Waals surface area contributed by atoms with Gasteiger partial charge in [-0.05, 0) is 84.3 Å². The van der Waals surface area contributed by atoms with Gasteiger partial charge in [0.25, 0.3) is 0 Å². The van der Waals surface area contributed by atoms with Gasteiger partial charge in [-0.2, -0.15) is 0 Å². The molecule has 0 bridgehead atoms. The average Bonchev–Trinajstić information content (AvgIpc) is 2.82. The topological polar surface area (TPSA) is 58.6 Å². The molecule has 0 unspecified atom stereocenters. The second-order valence-corrected chi connectivity index (χ2v) is 8.88. The summed E-state index contributed by atoms with van der Waals surface area (Å²) in [5.74, 6) is 0.0373. The Morgan fingerprint density at radius 3 is 2.50 bits per heavy atom. The highest BCUT2D eigenvalue weighted by molar-refractivity contribution is 6.30. The van der Waals surface area contributed by atoms with Gasteiger partial charge >= 0.3 is 5.97 Å². The van der Waals surface area contributed by atoms with E-state index >= 15 is 0 Å². The van der Waals surface area contributed by atoms with Crippen LogP contribution in [0.25, 0.3) is 11.6 Å². The summed E-state index contributed by atoms with van der Waals surface area (Å²) >= 11 is 6.26. The first-order valence-electron chi connectivity index (χ1n) is 11.6. The summed E-state index contributed by atoms with van der Waals surface area (Å²) in [6.45, 7) is 5.97. The molecule has 0 heterocycles. The Morgan fingerprint density at radius 1 is 1.00 bits per heavy atom. The molecule has 178 valence electrons. The fourth-order valence-electron chi connectivity index (χ4n) is 3.63. The molecule has 0 aliphatic rings. The highest BCUT2D eigenvalue weighted by atomic mass is 35.5. The number of allylic oxidation sites excluding steroid dienone is 1. The number of carboxylic acid groups (broad SMARTS) is 1. The smallest absolute Gasteiger partial charge is 0.304 e. The minimum absolute atomic E-state index is 0.121. The molecule has 0 radical (unpaired) electrons. The minimum Gasteiger partial charge on any atom is -0.494 e. The van der Waals surface area contributed by atoms with Crippen molar-refractivity contribution in [2.45, 2.75) is 39.7 Å². The number of aliphatic carboxylic acids is 1. The molecule has 3 aromatic carbocycles. The Hall–Kier alpha value is -3.08. The van der Waals surface area contributed by atoms with Crippen LogP contribution in [-0.4, -0.2) is 24.2 Å². The predicted molar refractivity (Wildman–Crippen MR) is 140 cm³/mol. The first kappa shape index (κ1) is 25.5. The number of halogens is 1. The number of hydrogen-bond donors (Lipinski definition) is 2. The monoisotopic (exact) mass is 477 g/mol. The second kappa shape index (κ2) is 13.0. The van der Waals surface area contributed by atoms with Gasteiger partial charge in [-0.3, -0.25) is 4.79 Å². The molecule has 0 aliphatic carbocycles. The maximum absolute atomic E-state index is 10.6.